The first-order valence-corrected chi connectivity index (χ1v) is 48.9. The van der Waals surface area contributed by atoms with Gasteiger partial charge in [-0.1, -0.05) is 190 Å². The van der Waals surface area contributed by atoms with Crippen molar-refractivity contribution in [3.8, 4) is 0 Å². The minimum Gasteiger partial charge on any atom is -0.481 e. The van der Waals surface area contributed by atoms with Gasteiger partial charge in [0.05, 0.1) is 74.6 Å². The number of hydrogen-bond donors (Lipinski definition) is 6. The Morgan fingerprint density at radius 1 is 0.366 bits per heavy atom. The largest absolute Gasteiger partial charge is 0.481 e. The van der Waals surface area contributed by atoms with Crippen molar-refractivity contribution in [2.45, 2.75) is 251 Å². The highest BCUT2D eigenvalue weighted by atomic mass is 16.6. The lowest BCUT2D eigenvalue weighted by Crippen LogP contribution is -2.34. The molecule has 0 amide bonds. The molecule has 3 aromatic heterocycles. The number of carbonyl (C=O) groups is 7. The maximum Gasteiger partial charge on any atom is 0.330 e. The van der Waals surface area contributed by atoms with E-state index in [1.54, 1.807) is 0 Å². The number of aliphatic hydroxyl groups excluding tert-OH is 2. The van der Waals surface area contributed by atoms with Gasteiger partial charge in [-0.05, 0) is 199 Å². The molecule has 3 fully saturated rings. The average Bonchev–Trinajstić information content (AvgIpc) is 0.801. The molecule has 18 rings (SSSR count). The van der Waals surface area contributed by atoms with E-state index in [1.807, 2.05) is 6.92 Å². The molecule has 3 saturated heterocycles. The molecule has 0 spiro atoms. The Labute approximate surface area is 816 Å². The number of aromatic nitrogens is 6. The molecule has 3 unspecified atom stereocenters. The summed E-state index contributed by atoms with van der Waals surface area (Å²) in [6.07, 6.45) is 10.2. The molecule has 31 nitrogen and oxygen atoms in total. The topological polar surface area (TPSA) is 428 Å². The van der Waals surface area contributed by atoms with Crippen LogP contribution in [0.4, 0.5) is 0 Å². The lowest BCUT2D eigenvalue weighted by molar-refractivity contribution is -0.159. The molecule has 0 radical (unpaired) electrons. The Bertz CT molecular complexity index is 7360. The molecule has 3 aliphatic rings. The van der Waals surface area contributed by atoms with Gasteiger partial charge in [-0.2, -0.15) is 0 Å². The van der Waals surface area contributed by atoms with Crippen LogP contribution in [-0.4, -0.2) is 155 Å². The number of aliphatic carboxylic acids is 1. The number of benzene rings is 12. The van der Waals surface area contributed by atoms with E-state index in [9.17, 15) is 72.5 Å². The average molecular weight is 1940 g/mol. The number of ketones is 3. The number of H-pyrrole nitrogens is 3. The number of nitrogens with one attached hydrogen (secondary N) is 3. The second-order valence-corrected chi connectivity index (χ2v) is 36.9. The zero-order chi connectivity index (χ0) is 100. The Kier molecular flexibility index (Phi) is 34.9. The predicted octanol–water partition coefficient (Wildman–Crippen LogP) is 16.3. The highest BCUT2D eigenvalue weighted by Crippen LogP contribution is 2.42. The van der Waals surface area contributed by atoms with Gasteiger partial charge in [0, 0.05) is 83.9 Å². The Morgan fingerprint density at radius 3 is 1.03 bits per heavy atom. The third-order valence-electron chi connectivity index (χ3n) is 26.6. The third-order valence-corrected chi connectivity index (χ3v) is 26.6. The second-order valence-electron chi connectivity index (χ2n) is 36.9. The molecule has 6 N–H and O–H groups in total. The highest BCUT2D eigenvalue weighted by Gasteiger charge is 2.42. The van der Waals surface area contributed by atoms with Crippen molar-refractivity contribution in [3.63, 3.8) is 0 Å². The molecule has 142 heavy (non-hydrogen) atoms. The number of Topliss-reactive ketones (excluding diaryl/α,β-unsaturated/α-hetero) is 3. The van der Waals surface area contributed by atoms with Crippen LogP contribution in [0.5, 0.6) is 0 Å². The van der Waals surface area contributed by atoms with Crippen molar-refractivity contribution in [3.05, 3.63) is 278 Å². The number of aromatic amines is 3. The standard InChI is InChI=1S/C41H44N2O10.C34H36N2O6.C31H32N2O6.C5H8O3/c1-25(44)10-18-36(46)51-24-34-33(53-37(47)19-11-26(2)45)21-35(52-34)43-22-31(40(48)42-41(43)49)23-50-20-5-3-4-7-27-12-13-30-15-14-28-8-6-9-29-16-17-32(27)39(30)38(28)29;1-3-28-29(41-21(2)37)18-30(42-28)36-19-26(33(38)35-34(36)39)20-40-17-6-4-5-8-22-11-12-25-14-13-23-9-7-10-24-15-16-27(22)32(25)31(23)24;34-17-26-25(35)15-27(39-26)33-16-23(30(36)32-31(33)37)18-38-14-3-1-2-5-19-8-9-22-11-10-20-6-4-7-21-12-13-24(19)29(22)28(20)21;1-4(6)2-3-5(7)8/h6,8-9,12-17,22,33-35H,3-5,7,10-11,18-21,23-24H2,1-2H3,(H,42,48,49);7,9-16,19,28-30H,3-6,8,17-18,20H2,1-2H3,(H,35,38,39);4,6-13,16,25-27,34-35H,1-3,5,14-15,17-18H2,(H,32,36,37);2-3H2,1H3,(H,7,8)/t33-,34+,35?;28-,29+,30?;25-,26+,27?;/m010./s1. The molecule has 6 heterocycles. The Morgan fingerprint density at radius 2 is 0.690 bits per heavy atom. The zero-order valence-corrected chi connectivity index (χ0v) is 80.4. The number of hydrogen-bond acceptors (Lipinski definition) is 24. The van der Waals surface area contributed by atoms with Gasteiger partial charge in [-0.15, -0.1) is 0 Å². The minimum absolute atomic E-state index is 0.00455. The number of carboxylic acids is 1. The lowest BCUT2D eigenvalue weighted by atomic mass is 9.90. The van der Waals surface area contributed by atoms with Gasteiger partial charge >= 0.3 is 40.9 Å². The third kappa shape index (κ3) is 25.4. The fourth-order valence-corrected chi connectivity index (χ4v) is 19.3. The van der Waals surface area contributed by atoms with Crippen LogP contribution in [0.3, 0.4) is 0 Å². The molecule has 12 aromatic carbocycles. The SMILES string of the molecule is CC(=O)CCC(=O)O.CC(=O)CCC(=O)OC[C@H]1OC(n2cc(COCCCCCc3ccc4ccc5cccc6ccc3c4c56)c(=O)[nH]c2=O)C[C@@H]1OC(=O)CCC(C)=O.CC[C@H]1OC(n2cc(COCCCCCc3ccc4ccc5cccc6ccc3c4c56)c(=O)[nH]c2=O)C[C@@H]1OC(C)=O.O=c1[nH]c(=O)n(C2C[C@H](O)[C@@H](CO)O2)cc1COCCCCCc1ccc2ccc3cccc4ccc1c2c34. The predicted molar refractivity (Wildman–Crippen MR) is 539 cm³/mol. The number of aryl methyl sites for hydroxylation is 3. The van der Waals surface area contributed by atoms with Crippen LogP contribution in [0.1, 0.15) is 209 Å². The maximum absolute atomic E-state index is 12.9. The first-order chi connectivity index (χ1) is 68.6. The van der Waals surface area contributed by atoms with E-state index in [0.29, 0.717) is 43.8 Å². The van der Waals surface area contributed by atoms with Gasteiger partial charge in [-0.3, -0.25) is 62.2 Å². The van der Waals surface area contributed by atoms with Gasteiger partial charge in [0.2, 0.25) is 0 Å². The Hall–Kier alpha value is -13.6. The maximum atomic E-state index is 12.9. The van der Waals surface area contributed by atoms with Crippen LogP contribution in [0, 0.1) is 0 Å². The quantitative estimate of drug-likeness (QED) is 0.00895. The van der Waals surface area contributed by atoms with E-state index in [1.165, 1.54) is 174 Å². The van der Waals surface area contributed by atoms with Crippen molar-refractivity contribution >= 4 is 138 Å². The fourth-order valence-electron chi connectivity index (χ4n) is 19.3. The fraction of sp³-hybridized carbons (Fsp3) is 0.396. The number of carboxylic acid groups (broad SMARTS) is 1. The number of unbranched alkanes of at least 4 members (excludes halogenated alkanes) is 6. The smallest absolute Gasteiger partial charge is 0.330 e. The van der Waals surface area contributed by atoms with Crippen molar-refractivity contribution in [2.24, 2.45) is 0 Å². The number of aliphatic hydroxyl groups is 2. The van der Waals surface area contributed by atoms with Crippen LogP contribution in [0.25, 0.3) is 97.0 Å². The van der Waals surface area contributed by atoms with E-state index in [4.69, 9.17) is 47.7 Å². The summed E-state index contributed by atoms with van der Waals surface area (Å²) < 4.78 is 55.0. The van der Waals surface area contributed by atoms with Gasteiger partial charge < -0.3 is 72.3 Å². The summed E-state index contributed by atoms with van der Waals surface area (Å²) in [5.41, 5.74) is 1.49. The lowest BCUT2D eigenvalue weighted by Gasteiger charge is -2.19. The van der Waals surface area contributed by atoms with Crippen LogP contribution in [-0.2, 0) is 115 Å². The minimum atomic E-state index is -0.954. The normalized spacial score (nSPS) is 17.8. The monoisotopic (exact) mass is 1940 g/mol. The Balaban J connectivity index is 0.000000156. The molecule has 0 saturated carbocycles. The summed E-state index contributed by atoms with van der Waals surface area (Å²) >= 11 is 0. The molecule has 0 aliphatic carbocycles. The molecule has 15 aromatic rings. The number of carbonyl (C=O) groups excluding carboxylic acids is 6. The summed E-state index contributed by atoms with van der Waals surface area (Å²) in [6.45, 7) is 8.35. The first-order valence-electron chi connectivity index (χ1n) is 48.9. The molecule has 9 atom stereocenters. The molecule has 744 valence electrons. The number of esters is 3. The summed E-state index contributed by atoms with van der Waals surface area (Å²) in [5, 5.41) is 50.6. The molecular formula is C111H120N6O25. The van der Waals surface area contributed by atoms with Gasteiger partial charge in [0.15, 0.2) is 0 Å². The number of rotatable bonds is 42. The van der Waals surface area contributed by atoms with E-state index in [2.05, 4.69) is 179 Å². The molecule has 3 aliphatic heterocycles. The molecule has 31 heteroatoms. The van der Waals surface area contributed by atoms with Crippen molar-refractivity contribution in [2.75, 3.05) is 33.0 Å². The molecule has 0 bridgehead atoms. The summed E-state index contributed by atoms with van der Waals surface area (Å²) in [5.74, 6) is -2.98. The van der Waals surface area contributed by atoms with Gasteiger partial charge in [0.25, 0.3) is 16.7 Å². The highest BCUT2D eigenvalue weighted by molar-refractivity contribution is 6.26. The van der Waals surface area contributed by atoms with Crippen LogP contribution >= 0.6 is 0 Å². The molecular weight excluding hydrogens is 1820 g/mol. The number of ether oxygens (including phenoxy) is 9. The summed E-state index contributed by atoms with van der Waals surface area (Å²) in [4.78, 5) is 161. The zero-order valence-electron chi connectivity index (χ0n) is 80.4. The summed E-state index contributed by atoms with van der Waals surface area (Å²) in [7, 11) is 0. The second kappa shape index (κ2) is 48.2. The van der Waals surface area contributed by atoms with Crippen LogP contribution in [0.15, 0.2) is 211 Å². The van der Waals surface area contributed by atoms with Crippen LogP contribution in [0.2, 0.25) is 0 Å². The van der Waals surface area contributed by atoms with Crippen molar-refractivity contribution < 1.29 is 91.5 Å². The number of nitrogens with zero attached hydrogens (tertiary/aromatic N) is 3. The van der Waals surface area contributed by atoms with Gasteiger partial charge in [0.1, 0.15) is 67.1 Å². The van der Waals surface area contributed by atoms with Crippen LogP contribution < -0.4 is 33.7 Å². The summed E-state index contributed by atoms with van der Waals surface area (Å²) in [6, 6.07) is 59.3. The van der Waals surface area contributed by atoms with E-state index >= 15 is 0 Å². The van der Waals surface area contributed by atoms with E-state index in [-0.39, 0.29) is 119 Å². The van der Waals surface area contributed by atoms with Gasteiger partial charge in [-0.25, -0.2) is 14.4 Å². The first kappa shape index (κ1) is 103. The van der Waals surface area contributed by atoms with Crippen molar-refractivity contribution in [1.29, 1.82) is 0 Å². The van der Waals surface area contributed by atoms with E-state index in [0.717, 1.165) is 77.0 Å². The van der Waals surface area contributed by atoms with Crippen molar-refractivity contribution in [1.82, 2.24) is 28.7 Å². The van der Waals surface area contributed by atoms with E-state index < -0.39 is 101 Å².